The van der Waals surface area contributed by atoms with Gasteiger partial charge < -0.3 is 14.8 Å². The molecule has 2 N–H and O–H groups in total. The Morgan fingerprint density at radius 1 is 1.12 bits per heavy atom. The molecular formula is C17H23F3N2O4. The first-order chi connectivity index (χ1) is 11.8. The van der Waals surface area contributed by atoms with Crippen LogP contribution in [0.15, 0.2) is 18.2 Å². The first-order valence-corrected chi connectivity index (χ1v) is 7.85. The number of hydrogen-bond donors (Lipinski definition) is 2. The number of nitrogens with one attached hydrogen (secondary N) is 2. The molecule has 0 bridgehead atoms. The summed E-state index contributed by atoms with van der Waals surface area (Å²) in [7, 11) is 1.41. The minimum atomic E-state index is -4.59. The number of hydrogen-bond acceptors (Lipinski definition) is 4. The summed E-state index contributed by atoms with van der Waals surface area (Å²) in [5.41, 5.74) is -1.93. The monoisotopic (exact) mass is 376 g/mol. The van der Waals surface area contributed by atoms with Crippen LogP contribution in [0.4, 0.5) is 29.3 Å². The highest BCUT2D eigenvalue weighted by Gasteiger charge is 2.31. The Morgan fingerprint density at radius 3 is 2.23 bits per heavy atom. The molecule has 2 amide bonds. The molecule has 1 aromatic carbocycles. The molecule has 0 spiro atoms. The minimum absolute atomic E-state index is 0.00864. The van der Waals surface area contributed by atoms with Crippen LogP contribution >= 0.6 is 0 Å². The predicted octanol–water partition coefficient (Wildman–Crippen LogP) is 4.42. The molecule has 0 saturated carbocycles. The highest BCUT2D eigenvalue weighted by atomic mass is 19.4. The van der Waals surface area contributed by atoms with Crippen LogP contribution in [0.25, 0.3) is 0 Å². The summed E-state index contributed by atoms with van der Waals surface area (Å²) >= 11 is 0. The third-order valence-electron chi connectivity index (χ3n) is 3.13. The van der Waals surface area contributed by atoms with E-state index < -0.39 is 35.4 Å². The molecule has 1 unspecified atom stereocenters. The van der Waals surface area contributed by atoms with Crippen molar-refractivity contribution in [1.29, 1.82) is 0 Å². The van der Waals surface area contributed by atoms with Crippen molar-refractivity contribution in [2.24, 2.45) is 0 Å². The molecule has 0 saturated heterocycles. The lowest BCUT2D eigenvalue weighted by atomic mass is 10.1. The van der Waals surface area contributed by atoms with E-state index in [1.54, 1.807) is 27.7 Å². The molecule has 0 aliphatic rings. The van der Waals surface area contributed by atoms with Gasteiger partial charge in [-0.05, 0) is 45.9 Å². The van der Waals surface area contributed by atoms with Gasteiger partial charge in [0.1, 0.15) is 5.60 Å². The third kappa shape index (κ3) is 7.30. The Balaban J connectivity index is 3.08. The molecule has 0 heterocycles. The lowest BCUT2D eigenvalue weighted by Gasteiger charge is -2.21. The molecule has 0 radical (unpaired) electrons. The van der Waals surface area contributed by atoms with Crippen LogP contribution in [0, 0.1) is 0 Å². The summed E-state index contributed by atoms with van der Waals surface area (Å²) in [6, 6.07) is 2.62. The first kappa shape index (κ1) is 21.8. The molecule has 6 nitrogen and oxygen atoms in total. The molecule has 1 aromatic rings. The zero-order chi connectivity index (χ0) is 20.1. The van der Waals surface area contributed by atoms with E-state index in [-0.39, 0.29) is 17.8 Å². The van der Waals surface area contributed by atoms with Crippen molar-refractivity contribution in [2.45, 2.75) is 52.0 Å². The van der Waals surface area contributed by atoms with Crippen molar-refractivity contribution in [3.63, 3.8) is 0 Å². The van der Waals surface area contributed by atoms with Crippen LogP contribution in [0.3, 0.4) is 0 Å². The standard InChI is InChI=1S/C17H23F3N2O4/c1-10(25-5)8-14(23)21-13-9-11(17(18,19)20)6-7-12(13)22-15(24)26-16(2,3)4/h6-7,9-10H,8H2,1-5H3,(H,21,23)(H,22,24). The average Bonchev–Trinajstić information content (AvgIpc) is 2.45. The highest BCUT2D eigenvalue weighted by Crippen LogP contribution is 2.34. The summed E-state index contributed by atoms with van der Waals surface area (Å²) in [5, 5.41) is 4.71. The zero-order valence-corrected chi connectivity index (χ0v) is 15.3. The van der Waals surface area contributed by atoms with Gasteiger partial charge in [0.2, 0.25) is 5.91 Å². The molecular weight excluding hydrogens is 353 g/mol. The maximum atomic E-state index is 12.9. The van der Waals surface area contributed by atoms with E-state index in [2.05, 4.69) is 10.6 Å². The van der Waals surface area contributed by atoms with Crippen molar-refractivity contribution in [2.75, 3.05) is 17.7 Å². The van der Waals surface area contributed by atoms with Gasteiger partial charge in [0.05, 0.1) is 29.5 Å². The predicted molar refractivity (Wildman–Crippen MR) is 91.0 cm³/mol. The molecule has 0 aromatic heterocycles. The van der Waals surface area contributed by atoms with Crippen LogP contribution < -0.4 is 10.6 Å². The van der Waals surface area contributed by atoms with E-state index in [4.69, 9.17) is 9.47 Å². The Bertz CT molecular complexity index is 654. The maximum Gasteiger partial charge on any atom is 0.416 e. The second-order valence-electron chi connectivity index (χ2n) is 6.68. The van der Waals surface area contributed by atoms with Gasteiger partial charge in [-0.1, -0.05) is 0 Å². The number of ether oxygens (including phenoxy) is 2. The number of amides is 2. The molecule has 1 rings (SSSR count). The number of rotatable bonds is 5. The van der Waals surface area contributed by atoms with E-state index in [9.17, 15) is 22.8 Å². The van der Waals surface area contributed by atoms with E-state index in [1.807, 2.05) is 0 Å². The number of alkyl halides is 3. The Labute approximate surface area is 150 Å². The van der Waals surface area contributed by atoms with Crippen molar-refractivity contribution in [3.8, 4) is 0 Å². The summed E-state index contributed by atoms with van der Waals surface area (Å²) in [6.45, 7) is 6.59. The van der Waals surface area contributed by atoms with Gasteiger partial charge in [0, 0.05) is 7.11 Å². The van der Waals surface area contributed by atoms with Gasteiger partial charge in [0.15, 0.2) is 0 Å². The molecule has 146 valence electrons. The summed E-state index contributed by atoms with van der Waals surface area (Å²) < 4.78 is 48.9. The normalized spacial score (nSPS) is 13.1. The molecule has 0 aliphatic heterocycles. The van der Waals surface area contributed by atoms with Crippen LogP contribution in [0.5, 0.6) is 0 Å². The summed E-state index contributed by atoms with van der Waals surface area (Å²) in [4.78, 5) is 23.9. The second-order valence-corrected chi connectivity index (χ2v) is 6.68. The molecule has 1 atom stereocenters. The highest BCUT2D eigenvalue weighted by molar-refractivity contribution is 5.98. The number of methoxy groups -OCH3 is 1. The minimum Gasteiger partial charge on any atom is -0.444 e. The van der Waals surface area contributed by atoms with Gasteiger partial charge in [-0.25, -0.2) is 4.79 Å². The zero-order valence-electron chi connectivity index (χ0n) is 15.3. The van der Waals surface area contributed by atoms with E-state index in [0.717, 1.165) is 18.2 Å². The van der Waals surface area contributed by atoms with Gasteiger partial charge >= 0.3 is 12.3 Å². The number of anilines is 2. The van der Waals surface area contributed by atoms with Gasteiger partial charge in [0.25, 0.3) is 0 Å². The smallest absolute Gasteiger partial charge is 0.416 e. The maximum absolute atomic E-state index is 12.9. The molecule has 0 fully saturated rings. The molecule has 9 heteroatoms. The number of halogens is 3. The fraction of sp³-hybridized carbons (Fsp3) is 0.529. The van der Waals surface area contributed by atoms with Crippen LogP contribution in [-0.2, 0) is 20.4 Å². The number of carbonyl (C=O) groups is 2. The Kier molecular flexibility index (Phi) is 7.02. The Morgan fingerprint density at radius 2 is 1.73 bits per heavy atom. The largest absolute Gasteiger partial charge is 0.444 e. The lowest BCUT2D eigenvalue weighted by molar-refractivity contribution is -0.137. The lowest BCUT2D eigenvalue weighted by Crippen LogP contribution is -2.28. The summed E-state index contributed by atoms with van der Waals surface area (Å²) in [5.74, 6) is -0.550. The Hall–Kier alpha value is -2.29. The first-order valence-electron chi connectivity index (χ1n) is 7.85. The fourth-order valence-corrected chi connectivity index (χ4v) is 1.89. The van der Waals surface area contributed by atoms with Gasteiger partial charge in [-0.3, -0.25) is 10.1 Å². The fourth-order valence-electron chi connectivity index (χ4n) is 1.89. The van der Waals surface area contributed by atoms with E-state index in [1.165, 1.54) is 7.11 Å². The van der Waals surface area contributed by atoms with Crippen LogP contribution in [0.1, 0.15) is 39.7 Å². The third-order valence-corrected chi connectivity index (χ3v) is 3.13. The molecule has 26 heavy (non-hydrogen) atoms. The van der Waals surface area contributed by atoms with Gasteiger partial charge in [-0.2, -0.15) is 13.2 Å². The van der Waals surface area contributed by atoms with Crippen molar-refractivity contribution in [3.05, 3.63) is 23.8 Å². The van der Waals surface area contributed by atoms with E-state index >= 15 is 0 Å². The van der Waals surface area contributed by atoms with Crippen molar-refractivity contribution >= 4 is 23.4 Å². The quantitative estimate of drug-likeness (QED) is 0.798. The van der Waals surface area contributed by atoms with Crippen molar-refractivity contribution < 1.29 is 32.2 Å². The molecule has 0 aliphatic carbocycles. The number of benzene rings is 1. The van der Waals surface area contributed by atoms with Gasteiger partial charge in [-0.15, -0.1) is 0 Å². The second kappa shape index (κ2) is 8.39. The van der Waals surface area contributed by atoms with Crippen LogP contribution in [0.2, 0.25) is 0 Å². The topological polar surface area (TPSA) is 76.7 Å². The SMILES string of the molecule is COC(C)CC(=O)Nc1cc(C(F)(F)F)ccc1NC(=O)OC(C)(C)C. The van der Waals surface area contributed by atoms with E-state index in [0.29, 0.717) is 0 Å². The van der Waals surface area contributed by atoms with Crippen LogP contribution in [-0.4, -0.2) is 30.8 Å². The summed E-state index contributed by atoms with van der Waals surface area (Å²) in [6.07, 6.45) is -5.91. The van der Waals surface area contributed by atoms with Crippen molar-refractivity contribution in [1.82, 2.24) is 0 Å². The average molecular weight is 376 g/mol. The number of carbonyl (C=O) groups excluding carboxylic acids is 2.